The molecule has 0 aliphatic rings. The van der Waals surface area contributed by atoms with Gasteiger partial charge >= 0.3 is 0 Å². The van der Waals surface area contributed by atoms with Crippen molar-refractivity contribution in [3.05, 3.63) is 28.3 Å². The minimum Gasteiger partial charge on any atom is -0.387 e. The van der Waals surface area contributed by atoms with Crippen molar-refractivity contribution >= 4 is 21.4 Å². The molecule has 1 aromatic rings. The monoisotopic (exact) mass is 289 g/mol. The van der Waals surface area contributed by atoms with E-state index in [1.807, 2.05) is 0 Å². The molecule has 0 fully saturated rings. The van der Waals surface area contributed by atoms with Crippen LogP contribution >= 0.6 is 0 Å². The summed E-state index contributed by atoms with van der Waals surface area (Å²) in [6.45, 7) is 0.361. The van der Waals surface area contributed by atoms with E-state index in [4.69, 9.17) is 4.74 Å². The molecule has 0 aliphatic heterocycles. The molecule has 0 radical (unpaired) electrons. The number of methoxy groups -OCH3 is 1. The predicted octanol–water partition coefficient (Wildman–Crippen LogP) is 0.561. The Morgan fingerprint density at radius 3 is 2.63 bits per heavy atom. The summed E-state index contributed by atoms with van der Waals surface area (Å²) in [7, 11) is -0.782. The lowest BCUT2D eigenvalue weighted by atomic mass is 10.3. The van der Waals surface area contributed by atoms with E-state index in [-0.39, 0.29) is 29.4 Å². The summed E-state index contributed by atoms with van der Waals surface area (Å²) < 4.78 is 31.1. The fraction of sp³-hybridized carbons (Fsp3) is 0.400. The summed E-state index contributed by atoms with van der Waals surface area (Å²) in [5, 5.41) is 13.3. The van der Waals surface area contributed by atoms with E-state index >= 15 is 0 Å². The van der Waals surface area contributed by atoms with Crippen molar-refractivity contribution in [2.45, 2.75) is 4.90 Å². The van der Waals surface area contributed by atoms with Crippen molar-refractivity contribution < 1.29 is 18.1 Å². The lowest BCUT2D eigenvalue weighted by molar-refractivity contribution is -0.384. The van der Waals surface area contributed by atoms with Crippen molar-refractivity contribution in [3.63, 3.8) is 0 Å². The number of rotatable bonds is 7. The van der Waals surface area contributed by atoms with Crippen molar-refractivity contribution in [3.8, 4) is 0 Å². The average molecular weight is 289 g/mol. The van der Waals surface area contributed by atoms with Gasteiger partial charge in [-0.25, -0.2) is 13.1 Å². The second-order valence-electron chi connectivity index (χ2n) is 3.58. The molecule has 0 aromatic heterocycles. The molecule has 9 heteroatoms. The first-order chi connectivity index (χ1) is 8.92. The van der Waals surface area contributed by atoms with Crippen molar-refractivity contribution in [2.24, 2.45) is 0 Å². The molecule has 8 nitrogen and oxygen atoms in total. The highest BCUT2D eigenvalue weighted by molar-refractivity contribution is 7.89. The van der Waals surface area contributed by atoms with Crippen LogP contribution in [-0.4, -0.2) is 40.7 Å². The van der Waals surface area contributed by atoms with Gasteiger partial charge in [0.1, 0.15) is 4.90 Å². The summed E-state index contributed by atoms with van der Waals surface area (Å²) in [4.78, 5) is 10.0. The van der Waals surface area contributed by atoms with E-state index in [0.717, 1.165) is 6.07 Å². The summed E-state index contributed by atoms with van der Waals surface area (Å²) >= 11 is 0. The SMILES string of the molecule is CNc1cc([N+](=O)[O-])ccc1S(=O)(=O)NCCOC. The lowest BCUT2D eigenvalue weighted by Gasteiger charge is -2.10. The number of benzene rings is 1. The van der Waals surface area contributed by atoms with E-state index in [1.54, 1.807) is 0 Å². The number of nitrogens with zero attached hydrogens (tertiary/aromatic N) is 1. The van der Waals surface area contributed by atoms with Gasteiger partial charge in [0.15, 0.2) is 0 Å². The van der Waals surface area contributed by atoms with E-state index in [1.165, 1.54) is 26.3 Å². The lowest BCUT2D eigenvalue weighted by Crippen LogP contribution is -2.27. The van der Waals surface area contributed by atoms with E-state index in [9.17, 15) is 18.5 Å². The number of hydrogen-bond donors (Lipinski definition) is 2. The molecule has 0 saturated carbocycles. The molecular weight excluding hydrogens is 274 g/mol. The molecule has 2 N–H and O–H groups in total. The number of anilines is 1. The molecule has 0 atom stereocenters. The molecule has 0 spiro atoms. The number of nitrogens with one attached hydrogen (secondary N) is 2. The molecule has 0 amide bonds. The van der Waals surface area contributed by atoms with Crippen LogP contribution in [0.25, 0.3) is 0 Å². The largest absolute Gasteiger partial charge is 0.387 e. The van der Waals surface area contributed by atoms with E-state index in [2.05, 4.69) is 10.0 Å². The fourth-order valence-electron chi connectivity index (χ4n) is 1.42. The minimum atomic E-state index is -3.73. The zero-order valence-corrected chi connectivity index (χ0v) is 11.4. The maximum absolute atomic E-state index is 12.0. The third-order valence-electron chi connectivity index (χ3n) is 2.33. The van der Waals surface area contributed by atoms with Crippen molar-refractivity contribution in [1.82, 2.24) is 4.72 Å². The van der Waals surface area contributed by atoms with Crippen molar-refractivity contribution in [1.29, 1.82) is 0 Å². The molecule has 1 aromatic carbocycles. The van der Waals surface area contributed by atoms with E-state index < -0.39 is 14.9 Å². The van der Waals surface area contributed by atoms with Gasteiger partial charge in [-0.15, -0.1) is 0 Å². The fourth-order valence-corrected chi connectivity index (χ4v) is 2.62. The summed E-state index contributed by atoms with van der Waals surface area (Å²) in [6.07, 6.45) is 0. The molecular formula is C10H15N3O5S. The number of hydrogen-bond acceptors (Lipinski definition) is 6. The number of sulfonamides is 1. The molecule has 106 valence electrons. The molecule has 0 heterocycles. The topological polar surface area (TPSA) is 111 Å². The Morgan fingerprint density at radius 1 is 1.42 bits per heavy atom. The molecule has 19 heavy (non-hydrogen) atoms. The maximum Gasteiger partial charge on any atom is 0.271 e. The normalized spacial score (nSPS) is 11.3. The van der Waals surface area contributed by atoms with Gasteiger partial charge in [-0.2, -0.15) is 0 Å². The van der Waals surface area contributed by atoms with Gasteiger partial charge in [0, 0.05) is 32.8 Å². The molecule has 0 unspecified atom stereocenters. The molecule has 0 aliphatic carbocycles. The zero-order valence-electron chi connectivity index (χ0n) is 10.5. The predicted molar refractivity (Wildman–Crippen MR) is 69.7 cm³/mol. The Bertz CT molecular complexity index is 558. The number of nitro groups is 1. The molecule has 0 bridgehead atoms. The van der Waals surface area contributed by atoms with Crippen molar-refractivity contribution in [2.75, 3.05) is 32.6 Å². The van der Waals surface area contributed by atoms with Gasteiger partial charge in [-0.1, -0.05) is 0 Å². The smallest absolute Gasteiger partial charge is 0.271 e. The van der Waals surface area contributed by atoms with Gasteiger partial charge in [0.2, 0.25) is 10.0 Å². The Hall–Kier alpha value is -1.71. The van der Waals surface area contributed by atoms with Gasteiger partial charge in [0.25, 0.3) is 5.69 Å². The minimum absolute atomic E-state index is 0.0447. The first-order valence-corrected chi connectivity index (χ1v) is 6.85. The van der Waals surface area contributed by atoms with Crippen LogP contribution in [0.1, 0.15) is 0 Å². The van der Waals surface area contributed by atoms with Crippen LogP contribution < -0.4 is 10.0 Å². The third kappa shape index (κ3) is 3.88. The zero-order chi connectivity index (χ0) is 14.5. The molecule has 0 saturated heterocycles. The Balaban J connectivity index is 3.09. The average Bonchev–Trinajstić information content (AvgIpc) is 2.38. The Morgan fingerprint density at radius 2 is 2.11 bits per heavy atom. The van der Waals surface area contributed by atoms with Crippen LogP contribution in [0.15, 0.2) is 23.1 Å². The number of nitro benzene ring substituents is 1. The number of non-ortho nitro benzene ring substituents is 1. The summed E-state index contributed by atoms with van der Waals surface area (Å²) in [5.41, 5.74) is -0.0145. The standard InChI is InChI=1S/C10H15N3O5S/c1-11-9-7-8(13(14)15)3-4-10(9)19(16,17)12-5-6-18-2/h3-4,7,11-12H,5-6H2,1-2H3. The second kappa shape index (κ2) is 6.45. The second-order valence-corrected chi connectivity index (χ2v) is 5.31. The van der Waals surface area contributed by atoms with Gasteiger partial charge in [0.05, 0.1) is 17.2 Å². The first kappa shape index (κ1) is 15.3. The highest BCUT2D eigenvalue weighted by Gasteiger charge is 2.20. The highest BCUT2D eigenvalue weighted by atomic mass is 32.2. The van der Waals surface area contributed by atoms with Crippen LogP contribution in [0.2, 0.25) is 0 Å². The maximum atomic E-state index is 12.0. The van der Waals surface area contributed by atoms with Crippen LogP contribution in [0.3, 0.4) is 0 Å². The third-order valence-corrected chi connectivity index (χ3v) is 3.85. The molecule has 1 rings (SSSR count). The van der Waals surface area contributed by atoms with Crippen LogP contribution in [0, 0.1) is 10.1 Å². The van der Waals surface area contributed by atoms with Gasteiger partial charge < -0.3 is 10.1 Å². The van der Waals surface area contributed by atoms with Gasteiger partial charge in [-0.05, 0) is 6.07 Å². The van der Waals surface area contributed by atoms with Crippen LogP contribution in [-0.2, 0) is 14.8 Å². The highest BCUT2D eigenvalue weighted by Crippen LogP contribution is 2.25. The first-order valence-electron chi connectivity index (χ1n) is 5.37. The van der Waals surface area contributed by atoms with Gasteiger partial charge in [-0.3, -0.25) is 10.1 Å². The summed E-state index contributed by atoms with van der Waals surface area (Å²) in [6, 6.07) is 3.51. The van der Waals surface area contributed by atoms with E-state index in [0.29, 0.717) is 0 Å². The Kier molecular flexibility index (Phi) is 5.21. The van der Waals surface area contributed by atoms with Crippen LogP contribution in [0.4, 0.5) is 11.4 Å². The van der Waals surface area contributed by atoms with Crippen LogP contribution in [0.5, 0.6) is 0 Å². The Labute approximate surface area is 111 Å². The number of ether oxygens (including phenoxy) is 1. The quantitative estimate of drug-likeness (QED) is 0.431. The summed E-state index contributed by atoms with van der Waals surface area (Å²) in [5.74, 6) is 0.